The first-order chi connectivity index (χ1) is 17.7. The first-order valence-electron chi connectivity index (χ1n) is 12.1. The van der Waals surface area contributed by atoms with Crippen LogP contribution in [0.4, 0.5) is 5.82 Å². The third kappa shape index (κ3) is 5.69. The van der Waals surface area contributed by atoms with Crippen molar-refractivity contribution in [2.24, 2.45) is 11.1 Å². The topological polar surface area (TPSA) is 170 Å². The third-order valence-electron chi connectivity index (χ3n) is 7.00. The number of nitrogens with two attached hydrogens (primary N) is 1. The van der Waals surface area contributed by atoms with E-state index >= 15 is 0 Å². The van der Waals surface area contributed by atoms with Gasteiger partial charge in [-0.05, 0) is 43.4 Å². The predicted octanol–water partition coefficient (Wildman–Crippen LogP) is 1.89. The maximum absolute atomic E-state index is 11.3. The van der Waals surface area contributed by atoms with E-state index in [1.165, 1.54) is 18.1 Å². The summed E-state index contributed by atoms with van der Waals surface area (Å²) in [5, 5.41) is 29.7. The second-order valence-electron chi connectivity index (χ2n) is 9.51. The molecular formula is C25H30N4O7S. The number of benzene rings is 1. The van der Waals surface area contributed by atoms with Crippen LogP contribution >= 0.6 is 0 Å². The molecule has 3 heterocycles. The SMILES string of the molecule is Cc1oc(C(O)c2cncnc2N[C@@H]2C[C@H](COS(N)(=O)=O)[C@@H](O)C2)cc1C1OCCc2ccccc21. The van der Waals surface area contributed by atoms with Gasteiger partial charge < -0.3 is 24.7 Å². The lowest BCUT2D eigenvalue weighted by atomic mass is 9.93. The molecule has 0 bridgehead atoms. The minimum atomic E-state index is -4.09. The number of aliphatic hydroxyl groups excluding tert-OH is 2. The van der Waals surface area contributed by atoms with Crippen molar-refractivity contribution in [3.63, 3.8) is 0 Å². The molecule has 11 nitrogen and oxygen atoms in total. The molecule has 0 spiro atoms. The van der Waals surface area contributed by atoms with Gasteiger partial charge in [0.05, 0.1) is 19.3 Å². The van der Waals surface area contributed by atoms with Gasteiger partial charge in [-0.1, -0.05) is 24.3 Å². The van der Waals surface area contributed by atoms with Crippen LogP contribution in [0.3, 0.4) is 0 Å². The van der Waals surface area contributed by atoms with Crippen molar-refractivity contribution in [2.75, 3.05) is 18.5 Å². The molecule has 0 saturated heterocycles. The first kappa shape index (κ1) is 25.8. The zero-order chi connectivity index (χ0) is 26.2. The van der Waals surface area contributed by atoms with Gasteiger partial charge in [0, 0.05) is 29.3 Å². The second kappa shape index (κ2) is 10.5. The molecule has 1 aromatic carbocycles. The standard InChI is InChI=1S/C25H30N4O7S/c1-14-19(24-18-5-3-2-4-15(18)6-7-34-24)10-22(36-14)23(31)20-11-27-13-28-25(20)29-17-8-16(21(30)9-17)12-35-37(26,32)33/h2-5,10-11,13,16-17,21,23-24,30-31H,6-9,12H2,1H3,(H2,26,32,33)(H,27,28,29)/t16-,17-,21+,23?,24?/m1/s1. The number of furan rings is 1. The Bertz CT molecular complexity index is 1360. The molecular weight excluding hydrogens is 500 g/mol. The van der Waals surface area contributed by atoms with E-state index in [2.05, 4.69) is 25.5 Å². The number of hydrogen-bond donors (Lipinski definition) is 4. The molecule has 5 rings (SSSR count). The number of aromatic nitrogens is 2. The lowest BCUT2D eigenvalue weighted by Gasteiger charge is -2.25. The van der Waals surface area contributed by atoms with Crippen molar-refractivity contribution in [1.82, 2.24) is 9.97 Å². The van der Waals surface area contributed by atoms with Gasteiger partial charge in [0.1, 0.15) is 35.9 Å². The Balaban J connectivity index is 1.34. The van der Waals surface area contributed by atoms with Crippen LogP contribution in [0.1, 0.15) is 58.8 Å². The van der Waals surface area contributed by atoms with Gasteiger partial charge in [0.25, 0.3) is 0 Å². The quantitative estimate of drug-likeness (QED) is 0.337. The highest BCUT2D eigenvalue weighted by Crippen LogP contribution is 2.38. The van der Waals surface area contributed by atoms with Gasteiger partial charge in [-0.2, -0.15) is 8.42 Å². The molecule has 1 aliphatic heterocycles. The Morgan fingerprint density at radius 1 is 1.27 bits per heavy atom. The highest BCUT2D eigenvalue weighted by atomic mass is 32.2. The van der Waals surface area contributed by atoms with Gasteiger partial charge in [-0.25, -0.2) is 15.1 Å². The monoisotopic (exact) mass is 530 g/mol. The summed E-state index contributed by atoms with van der Waals surface area (Å²) in [7, 11) is -4.09. The Kier molecular flexibility index (Phi) is 7.30. The molecule has 5 atom stereocenters. The molecule has 1 saturated carbocycles. The van der Waals surface area contributed by atoms with Gasteiger partial charge in [-0.3, -0.25) is 4.18 Å². The number of nitrogens with one attached hydrogen (secondary N) is 1. The van der Waals surface area contributed by atoms with Crippen LogP contribution in [0, 0.1) is 12.8 Å². The maximum Gasteiger partial charge on any atom is 0.333 e. The van der Waals surface area contributed by atoms with Crippen LogP contribution < -0.4 is 10.5 Å². The molecule has 3 aromatic rings. The fourth-order valence-electron chi connectivity index (χ4n) is 5.16. The van der Waals surface area contributed by atoms with Crippen molar-refractivity contribution < 1.29 is 32.0 Å². The number of rotatable bonds is 8. The summed E-state index contributed by atoms with van der Waals surface area (Å²) in [6.07, 6.45) is 2.29. The zero-order valence-electron chi connectivity index (χ0n) is 20.3. The van der Waals surface area contributed by atoms with Crippen molar-refractivity contribution in [3.8, 4) is 0 Å². The van der Waals surface area contributed by atoms with Gasteiger partial charge >= 0.3 is 10.3 Å². The average Bonchev–Trinajstić information content (AvgIpc) is 3.43. The molecule has 37 heavy (non-hydrogen) atoms. The van der Waals surface area contributed by atoms with Crippen LogP contribution in [0.15, 0.2) is 47.3 Å². The van der Waals surface area contributed by atoms with Crippen molar-refractivity contribution >= 4 is 16.1 Å². The zero-order valence-corrected chi connectivity index (χ0v) is 21.1. The number of anilines is 1. The molecule has 0 radical (unpaired) electrons. The highest BCUT2D eigenvalue weighted by Gasteiger charge is 2.35. The fourth-order valence-corrected chi connectivity index (χ4v) is 5.52. The number of ether oxygens (including phenoxy) is 1. The number of nitrogens with zero attached hydrogens (tertiary/aromatic N) is 2. The summed E-state index contributed by atoms with van der Waals surface area (Å²) >= 11 is 0. The summed E-state index contributed by atoms with van der Waals surface area (Å²) in [6.45, 7) is 2.23. The number of aryl methyl sites for hydroxylation is 1. The predicted molar refractivity (Wildman–Crippen MR) is 133 cm³/mol. The molecule has 0 amide bonds. The Labute approximate surface area is 214 Å². The van der Waals surface area contributed by atoms with Crippen LogP contribution in [-0.4, -0.2) is 54.0 Å². The van der Waals surface area contributed by atoms with E-state index in [0.717, 1.165) is 17.5 Å². The number of fused-ring (bicyclic) bond motifs is 1. The Hall–Kier alpha value is -2.87. The highest BCUT2D eigenvalue weighted by molar-refractivity contribution is 7.84. The maximum atomic E-state index is 11.3. The van der Waals surface area contributed by atoms with Crippen LogP contribution in [0.25, 0.3) is 0 Å². The van der Waals surface area contributed by atoms with Crippen molar-refractivity contribution in [2.45, 2.75) is 50.5 Å². The minimum Gasteiger partial charge on any atom is -0.463 e. The number of aliphatic hydroxyl groups is 2. The lowest BCUT2D eigenvalue weighted by Crippen LogP contribution is -2.24. The average molecular weight is 531 g/mol. The van der Waals surface area contributed by atoms with Crippen molar-refractivity contribution in [1.29, 1.82) is 0 Å². The first-order valence-corrected chi connectivity index (χ1v) is 13.6. The fraction of sp³-hybridized carbons (Fsp3) is 0.440. The lowest BCUT2D eigenvalue weighted by molar-refractivity contribution is 0.0689. The van der Waals surface area contributed by atoms with E-state index in [0.29, 0.717) is 42.4 Å². The smallest absolute Gasteiger partial charge is 0.333 e. The summed E-state index contributed by atoms with van der Waals surface area (Å²) < 4.78 is 38.9. The van der Waals surface area contributed by atoms with E-state index < -0.39 is 28.4 Å². The summed E-state index contributed by atoms with van der Waals surface area (Å²) in [4.78, 5) is 8.37. The van der Waals surface area contributed by atoms with Crippen LogP contribution in [0.5, 0.6) is 0 Å². The van der Waals surface area contributed by atoms with Crippen LogP contribution in [-0.2, 0) is 25.6 Å². The normalized spacial score (nSPS) is 24.5. The Morgan fingerprint density at radius 2 is 2.08 bits per heavy atom. The van der Waals surface area contributed by atoms with Gasteiger partial charge in [0.2, 0.25) is 0 Å². The van der Waals surface area contributed by atoms with E-state index in [-0.39, 0.29) is 18.8 Å². The van der Waals surface area contributed by atoms with Gasteiger partial charge in [-0.15, -0.1) is 0 Å². The van der Waals surface area contributed by atoms with E-state index in [4.69, 9.17) is 14.3 Å². The minimum absolute atomic E-state index is 0.210. The molecule has 2 aromatic heterocycles. The largest absolute Gasteiger partial charge is 0.463 e. The van der Waals surface area contributed by atoms with Crippen molar-refractivity contribution in [3.05, 3.63) is 76.6 Å². The Morgan fingerprint density at radius 3 is 2.89 bits per heavy atom. The van der Waals surface area contributed by atoms with E-state index in [9.17, 15) is 18.6 Å². The molecule has 5 N–H and O–H groups in total. The molecule has 1 aliphatic carbocycles. The van der Waals surface area contributed by atoms with Crippen LogP contribution in [0.2, 0.25) is 0 Å². The summed E-state index contributed by atoms with van der Waals surface area (Å²) in [5.41, 5.74) is 3.58. The van der Waals surface area contributed by atoms with E-state index in [1.54, 1.807) is 0 Å². The third-order valence-corrected chi connectivity index (χ3v) is 7.47. The summed E-state index contributed by atoms with van der Waals surface area (Å²) in [6, 6.07) is 9.72. The van der Waals surface area contributed by atoms with Gasteiger partial charge in [0.15, 0.2) is 0 Å². The molecule has 12 heteroatoms. The second-order valence-corrected chi connectivity index (χ2v) is 10.7. The molecule has 198 valence electrons. The molecule has 2 aliphatic rings. The molecule has 2 unspecified atom stereocenters. The van der Waals surface area contributed by atoms with E-state index in [1.807, 2.05) is 31.2 Å². The summed E-state index contributed by atoms with van der Waals surface area (Å²) in [5.74, 6) is 0.962. The number of hydrogen-bond acceptors (Lipinski definition) is 10. The molecule has 1 fully saturated rings.